The van der Waals surface area contributed by atoms with Crippen LogP contribution in [0.1, 0.15) is 0 Å². The van der Waals surface area contributed by atoms with Crippen molar-refractivity contribution in [2.75, 3.05) is 19.8 Å². The van der Waals surface area contributed by atoms with Crippen molar-refractivity contribution in [3.8, 4) is 0 Å². The normalized spacial score (nSPS) is 28.9. The largest absolute Gasteiger partial charge is 0.407 e. The maximum Gasteiger partial charge on any atom is 0.407 e. The van der Waals surface area contributed by atoms with E-state index in [2.05, 4.69) is 0 Å². The number of hydrogen-bond donors (Lipinski definition) is 0. The zero-order chi connectivity index (χ0) is 8.48. The highest BCUT2D eigenvalue weighted by molar-refractivity contribution is 14.1. The summed E-state index contributed by atoms with van der Waals surface area (Å²) in [6.45, 7) is 0.479. The third-order valence-corrected chi connectivity index (χ3v) is 2.60. The molecule has 1 heterocycles. The lowest BCUT2D eigenvalue weighted by atomic mass is 10.3. The summed E-state index contributed by atoms with van der Waals surface area (Å²) in [4.78, 5) is 0. The van der Waals surface area contributed by atoms with E-state index in [0.717, 1.165) is 0 Å². The van der Waals surface area contributed by atoms with Crippen LogP contribution in [0.15, 0.2) is 0 Å². The van der Waals surface area contributed by atoms with E-state index in [-0.39, 0.29) is 6.61 Å². The summed E-state index contributed by atoms with van der Waals surface area (Å²) in [6, 6.07) is -1.43. The molecule has 0 spiro atoms. The summed E-state index contributed by atoms with van der Waals surface area (Å²) in [5, 5.41) is 0. The molecule has 0 bridgehead atoms. The monoisotopic (exact) mass is 281 g/mol. The van der Waals surface area contributed by atoms with Gasteiger partial charge in [-0.1, -0.05) is 0 Å². The first-order valence-electron chi connectivity index (χ1n) is 3.08. The minimum absolute atomic E-state index is 0.244. The highest BCUT2D eigenvalue weighted by Gasteiger charge is 2.44. The maximum absolute atomic E-state index is 12.1. The molecule has 0 N–H and O–H groups in total. The highest BCUT2D eigenvalue weighted by Crippen LogP contribution is 2.28. The van der Waals surface area contributed by atoms with Gasteiger partial charge in [0.15, 0.2) is 0 Å². The van der Waals surface area contributed by atoms with Gasteiger partial charge in [-0.3, -0.25) is 0 Å². The van der Waals surface area contributed by atoms with Gasteiger partial charge in [-0.2, -0.15) is 13.2 Å². The average molecular weight is 281 g/mol. The van der Waals surface area contributed by atoms with Crippen LogP contribution < -0.4 is 0 Å². The van der Waals surface area contributed by atoms with Crippen molar-refractivity contribution in [3.63, 3.8) is 0 Å². The number of ether oxygens (including phenoxy) is 1. The zero-order valence-corrected chi connectivity index (χ0v) is 7.72. The standard InChI is InChI=1S/C5H7F3INO/c6-5(7,8)4-3-11-2-1-10(4)9/h4H,1-3H2. The van der Waals surface area contributed by atoms with Gasteiger partial charge in [0.2, 0.25) is 0 Å². The van der Waals surface area contributed by atoms with Crippen LogP contribution in [0.3, 0.4) is 0 Å². The van der Waals surface area contributed by atoms with Gasteiger partial charge in [-0.15, -0.1) is 0 Å². The minimum Gasteiger partial charge on any atom is -0.378 e. The molecule has 1 aliphatic heterocycles. The molecule has 0 amide bonds. The van der Waals surface area contributed by atoms with Crippen LogP contribution in [-0.2, 0) is 4.74 Å². The van der Waals surface area contributed by atoms with Crippen LogP contribution in [0.2, 0.25) is 0 Å². The number of alkyl halides is 3. The Balaban J connectivity index is 2.55. The molecule has 1 atom stereocenters. The van der Waals surface area contributed by atoms with E-state index in [1.165, 1.54) is 3.11 Å². The lowest BCUT2D eigenvalue weighted by Crippen LogP contribution is -2.48. The quantitative estimate of drug-likeness (QED) is 0.494. The summed E-state index contributed by atoms with van der Waals surface area (Å²) < 4.78 is 42.1. The SMILES string of the molecule is FC(F)(F)C1COCCN1I. The van der Waals surface area contributed by atoms with Crippen LogP contribution in [0.5, 0.6) is 0 Å². The molecule has 0 aliphatic carbocycles. The van der Waals surface area contributed by atoms with E-state index in [1.54, 1.807) is 22.9 Å². The minimum atomic E-state index is -4.17. The molecule has 0 saturated carbocycles. The highest BCUT2D eigenvalue weighted by atomic mass is 127. The summed E-state index contributed by atoms with van der Waals surface area (Å²) in [7, 11) is 0. The van der Waals surface area contributed by atoms with E-state index in [1.807, 2.05) is 0 Å². The molecule has 1 saturated heterocycles. The van der Waals surface area contributed by atoms with Crippen LogP contribution in [0.25, 0.3) is 0 Å². The lowest BCUT2D eigenvalue weighted by molar-refractivity contribution is -0.191. The van der Waals surface area contributed by atoms with E-state index in [0.29, 0.717) is 13.2 Å². The molecule has 0 aromatic heterocycles. The Morgan fingerprint density at radius 2 is 2.09 bits per heavy atom. The van der Waals surface area contributed by atoms with E-state index in [4.69, 9.17) is 4.74 Å². The van der Waals surface area contributed by atoms with Crippen molar-refractivity contribution in [3.05, 3.63) is 0 Å². The van der Waals surface area contributed by atoms with Crippen LogP contribution >= 0.6 is 22.9 Å². The third kappa shape index (κ3) is 2.45. The fourth-order valence-electron chi connectivity index (χ4n) is 0.837. The molecule has 0 radical (unpaired) electrons. The first-order valence-corrected chi connectivity index (χ1v) is 4.05. The molecule has 1 rings (SSSR count). The summed E-state index contributed by atoms with van der Waals surface area (Å²) >= 11 is 1.68. The Morgan fingerprint density at radius 1 is 1.45 bits per heavy atom. The molecule has 1 unspecified atom stereocenters. The van der Waals surface area contributed by atoms with Gasteiger partial charge in [0.1, 0.15) is 6.04 Å². The summed E-state index contributed by atoms with van der Waals surface area (Å²) in [6.07, 6.45) is -4.17. The fourth-order valence-corrected chi connectivity index (χ4v) is 1.51. The second-order valence-electron chi connectivity index (χ2n) is 2.26. The Kier molecular flexibility index (Phi) is 2.98. The molecule has 0 aromatic rings. The van der Waals surface area contributed by atoms with Crippen molar-refractivity contribution < 1.29 is 17.9 Å². The van der Waals surface area contributed by atoms with Crippen molar-refractivity contribution in [1.29, 1.82) is 0 Å². The maximum atomic E-state index is 12.1. The Bertz CT molecular complexity index is 140. The van der Waals surface area contributed by atoms with Gasteiger partial charge >= 0.3 is 6.18 Å². The fraction of sp³-hybridized carbons (Fsp3) is 1.00. The smallest absolute Gasteiger partial charge is 0.378 e. The van der Waals surface area contributed by atoms with Gasteiger partial charge in [-0.05, 0) is 0 Å². The van der Waals surface area contributed by atoms with Gasteiger partial charge in [-0.25, -0.2) is 3.11 Å². The van der Waals surface area contributed by atoms with E-state index < -0.39 is 12.2 Å². The molecular weight excluding hydrogens is 274 g/mol. The Hall–Kier alpha value is 0.440. The number of nitrogens with zero attached hydrogens (tertiary/aromatic N) is 1. The van der Waals surface area contributed by atoms with Gasteiger partial charge in [0.25, 0.3) is 0 Å². The number of hydrogen-bond acceptors (Lipinski definition) is 2. The Labute approximate surface area is 76.2 Å². The summed E-state index contributed by atoms with van der Waals surface area (Å²) in [5.74, 6) is 0. The second-order valence-corrected chi connectivity index (χ2v) is 3.49. The topological polar surface area (TPSA) is 12.5 Å². The number of rotatable bonds is 0. The molecule has 0 aromatic carbocycles. The zero-order valence-electron chi connectivity index (χ0n) is 5.57. The van der Waals surface area contributed by atoms with Crippen molar-refractivity contribution in [2.24, 2.45) is 0 Å². The predicted octanol–water partition coefficient (Wildman–Crippen LogP) is 1.60. The molecule has 66 valence electrons. The van der Waals surface area contributed by atoms with Crippen molar-refractivity contribution in [2.45, 2.75) is 12.2 Å². The van der Waals surface area contributed by atoms with Gasteiger partial charge in [0.05, 0.1) is 13.2 Å². The average Bonchev–Trinajstić information content (AvgIpc) is 1.86. The molecule has 1 aliphatic rings. The Morgan fingerprint density at radius 3 is 2.45 bits per heavy atom. The molecule has 1 fully saturated rings. The van der Waals surface area contributed by atoms with Crippen molar-refractivity contribution in [1.82, 2.24) is 3.11 Å². The number of morpholine rings is 1. The second kappa shape index (κ2) is 3.44. The van der Waals surface area contributed by atoms with Gasteiger partial charge < -0.3 is 4.74 Å². The molecule has 2 nitrogen and oxygen atoms in total. The lowest BCUT2D eigenvalue weighted by Gasteiger charge is -2.31. The predicted molar refractivity (Wildman–Crippen MR) is 41.4 cm³/mol. The van der Waals surface area contributed by atoms with Gasteiger partial charge in [0, 0.05) is 29.4 Å². The van der Waals surface area contributed by atoms with E-state index >= 15 is 0 Å². The first-order chi connectivity index (χ1) is 5.02. The van der Waals surface area contributed by atoms with Crippen LogP contribution in [-0.4, -0.2) is 35.1 Å². The first kappa shape index (κ1) is 9.53. The van der Waals surface area contributed by atoms with Crippen molar-refractivity contribution >= 4 is 22.9 Å². The number of halogens is 4. The van der Waals surface area contributed by atoms with Crippen LogP contribution in [0, 0.1) is 0 Å². The summed E-state index contributed by atoms with van der Waals surface area (Å²) in [5.41, 5.74) is 0. The van der Waals surface area contributed by atoms with Crippen LogP contribution in [0.4, 0.5) is 13.2 Å². The molecule has 11 heavy (non-hydrogen) atoms. The van der Waals surface area contributed by atoms with E-state index in [9.17, 15) is 13.2 Å². The molecule has 6 heteroatoms. The molecular formula is C5H7F3INO. The third-order valence-electron chi connectivity index (χ3n) is 1.44.